The first-order valence-corrected chi connectivity index (χ1v) is 7.06. The van der Waals surface area contributed by atoms with Crippen molar-refractivity contribution in [2.24, 2.45) is 5.92 Å². The van der Waals surface area contributed by atoms with Gasteiger partial charge in [0.2, 0.25) is 0 Å². The van der Waals surface area contributed by atoms with Gasteiger partial charge in [0, 0.05) is 0 Å². The Morgan fingerprint density at radius 2 is 1.75 bits per heavy atom. The van der Waals surface area contributed by atoms with E-state index in [0.29, 0.717) is 0 Å². The van der Waals surface area contributed by atoms with Crippen LogP contribution in [0.5, 0.6) is 0 Å². The van der Waals surface area contributed by atoms with Gasteiger partial charge in [0.1, 0.15) is 5.60 Å². The number of nitrogens with one attached hydrogen (secondary N) is 1. The zero-order valence-corrected chi connectivity index (χ0v) is 12.7. The van der Waals surface area contributed by atoms with E-state index in [4.69, 9.17) is 14.3 Å². The van der Waals surface area contributed by atoms with Crippen molar-refractivity contribution in [2.75, 3.05) is 7.11 Å². The average molecular weight is 287 g/mol. The Morgan fingerprint density at radius 3 is 2.25 bits per heavy atom. The number of carbonyl (C=O) groups excluding carboxylic acids is 2. The van der Waals surface area contributed by atoms with Crippen molar-refractivity contribution in [3.05, 3.63) is 0 Å². The molecular formula is C14H25NO5. The summed E-state index contributed by atoms with van der Waals surface area (Å²) in [6.07, 6.45) is 3.62. The lowest BCUT2D eigenvalue weighted by Crippen LogP contribution is -2.42. The molecule has 1 aliphatic carbocycles. The molecule has 1 atom stereocenters. The van der Waals surface area contributed by atoms with E-state index in [-0.39, 0.29) is 5.92 Å². The second kappa shape index (κ2) is 7.47. The highest BCUT2D eigenvalue weighted by atomic mass is 16.7. The third-order valence-electron chi connectivity index (χ3n) is 3.18. The molecule has 0 heterocycles. The minimum absolute atomic E-state index is 0.0751. The predicted octanol–water partition coefficient (Wildman–Crippen LogP) is 2.56. The molecule has 1 amide bonds. The van der Waals surface area contributed by atoms with Crippen LogP contribution in [0.4, 0.5) is 4.79 Å². The van der Waals surface area contributed by atoms with E-state index in [1.165, 1.54) is 13.5 Å². The first kappa shape index (κ1) is 16.8. The molecule has 0 aliphatic heterocycles. The maximum atomic E-state index is 11.8. The van der Waals surface area contributed by atoms with Crippen molar-refractivity contribution in [2.45, 2.75) is 64.6 Å². The number of hydrogen-bond acceptors (Lipinski definition) is 5. The summed E-state index contributed by atoms with van der Waals surface area (Å²) in [5, 5.41) is 0. The fraction of sp³-hybridized carbons (Fsp3) is 0.857. The predicted molar refractivity (Wildman–Crippen MR) is 72.8 cm³/mol. The van der Waals surface area contributed by atoms with Crippen LogP contribution in [0.2, 0.25) is 0 Å². The molecule has 116 valence electrons. The van der Waals surface area contributed by atoms with Crippen molar-refractivity contribution in [3.63, 3.8) is 0 Å². The summed E-state index contributed by atoms with van der Waals surface area (Å²) in [5.74, 6) is -0.390. The molecule has 6 nitrogen and oxygen atoms in total. The Balaban J connectivity index is 2.52. The van der Waals surface area contributed by atoms with E-state index >= 15 is 0 Å². The molecule has 0 bridgehead atoms. The van der Waals surface area contributed by atoms with Crippen LogP contribution in [0.3, 0.4) is 0 Å². The lowest BCUT2D eigenvalue weighted by atomic mass is 9.85. The Labute approximate surface area is 120 Å². The quantitative estimate of drug-likeness (QED) is 0.635. The van der Waals surface area contributed by atoms with Gasteiger partial charge in [-0.3, -0.25) is 4.84 Å². The highest BCUT2D eigenvalue weighted by Crippen LogP contribution is 2.28. The van der Waals surface area contributed by atoms with E-state index < -0.39 is 23.8 Å². The fourth-order valence-corrected chi connectivity index (χ4v) is 2.30. The van der Waals surface area contributed by atoms with Gasteiger partial charge in [-0.05, 0) is 39.5 Å². The maximum Gasteiger partial charge on any atom is 0.431 e. The molecular weight excluding hydrogens is 262 g/mol. The summed E-state index contributed by atoms with van der Waals surface area (Å²) >= 11 is 0. The molecule has 1 aliphatic rings. The Morgan fingerprint density at radius 1 is 1.15 bits per heavy atom. The Bertz CT molecular complexity index is 331. The van der Waals surface area contributed by atoms with Crippen LogP contribution >= 0.6 is 0 Å². The number of amides is 1. The summed E-state index contributed by atoms with van der Waals surface area (Å²) < 4.78 is 9.80. The normalized spacial score (nSPS) is 18.2. The van der Waals surface area contributed by atoms with Crippen molar-refractivity contribution in [1.82, 2.24) is 5.48 Å². The van der Waals surface area contributed by atoms with Crippen LogP contribution in [-0.2, 0) is 19.1 Å². The molecule has 1 unspecified atom stereocenters. The van der Waals surface area contributed by atoms with Gasteiger partial charge in [0.05, 0.1) is 7.11 Å². The number of carbonyl (C=O) groups is 2. The minimum Gasteiger partial charge on any atom is -0.467 e. The lowest BCUT2D eigenvalue weighted by molar-refractivity contribution is -0.165. The molecule has 6 heteroatoms. The monoisotopic (exact) mass is 287 g/mol. The van der Waals surface area contributed by atoms with Gasteiger partial charge in [-0.25, -0.2) is 9.59 Å². The molecule has 0 radical (unpaired) electrons. The lowest BCUT2D eigenvalue weighted by Gasteiger charge is -2.28. The van der Waals surface area contributed by atoms with Gasteiger partial charge in [-0.15, -0.1) is 0 Å². The Kier molecular flexibility index (Phi) is 6.26. The van der Waals surface area contributed by atoms with Gasteiger partial charge < -0.3 is 9.47 Å². The van der Waals surface area contributed by atoms with Crippen molar-refractivity contribution >= 4 is 12.1 Å². The highest BCUT2D eigenvalue weighted by Gasteiger charge is 2.32. The zero-order chi connectivity index (χ0) is 15.2. The van der Waals surface area contributed by atoms with Crippen LogP contribution in [-0.4, -0.2) is 30.9 Å². The van der Waals surface area contributed by atoms with Crippen LogP contribution in [0.25, 0.3) is 0 Å². The first-order chi connectivity index (χ1) is 9.33. The smallest absolute Gasteiger partial charge is 0.431 e. The molecule has 0 spiro atoms. The third kappa shape index (κ3) is 5.77. The topological polar surface area (TPSA) is 73.9 Å². The Hall–Kier alpha value is -1.30. The zero-order valence-electron chi connectivity index (χ0n) is 12.7. The van der Waals surface area contributed by atoms with Crippen molar-refractivity contribution < 1.29 is 23.9 Å². The van der Waals surface area contributed by atoms with E-state index in [9.17, 15) is 9.59 Å². The van der Waals surface area contributed by atoms with Gasteiger partial charge >= 0.3 is 12.1 Å². The van der Waals surface area contributed by atoms with Crippen LogP contribution in [0.1, 0.15) is 52.9 Å². The molecule has 0 aromatic carbocycles. The van der Waals surface area contributed by atoms with E-state index in [1.807, 2.05) is 0 Å². The largest absolute Gasteiger partial charge is 0.467 e. The fourth-order valence-electron chi connectivity index (χ4n) is 2.30. The number of methoxy groups -OCH3 is 1. The van der Waals surface area contributed by atoms with Crippen molar-refractivity contribution in [3.8, 4) is 0 Å². The molecule has 0 aromatic rings. The van der Waals surface area contributed by atoms with E-state index in [1.54, 1.807) is 20.8 Å². The summed E-state index contributed by atoms with van der Waals surface area (Å²) in [5.41, 5.74) is 1.58. The summed E-state index contributed by atoms with van der Waals surface area (Å²) in [6, 6.07) is 0. The molecule has 1 fully saturated rings. The maximum absolute atomic E-state index is 11.8. The summed E-state index contributed by atoms with van der Waals surface area (Å²) in [6.45, 7) is 5.27. The molecule has 1 saturated carbocycles. The van der Waals surface area contributed by atoms with Crippen molar-refractivity contribution in [1.29, 1.82) is 0 Å². The van der Waals surface area contributed by atoms with Gasteiger partial charge in [-0.1, -0.05) is 19.3 Å². The van der Waals surface area contributed by atoms with Gasteiger partial charge in [0.25, 0.3) is 0 Å². The first-order valence-electron chi connectivity index (χ1n) is 7.06. The molecule has 1 rings (SSSR count). The second-order valence-corrected chi connectivity index (χ2v) is 6.06. The average Bonchev–Trinajstić information content (AvgIpc) is 2.37. The molecule has 0 saturated heterocycles. The van der Waals surface area contributed by atoms with E-state index in [2.05, 4.69) is 5.48 Å². The van der Waals surface area contributed by atoms with Crippen LogP contribution < -0.4 is 5.48 Å². The van der Waals surface area contributed by atoms with E-state index in [0.717, 1.165) is 25.7 Å². The molecule has 20 heavy (non-hydrogen) atoms. The molecule has 1 N–H and O–H groups in total. The van der Waals surface area contributed by atoms with Crippen LogP contribution in [0.15, 0.2) is 0 Å². The second-order valence-electron chi connectivity index (χ2n) is 6.06. The number of esters is 1. The molecule has 0 aromatic heterocycles. The third-order valence-corrected chi connectivity index (χ3v) is 3.18. The number of rotatable bonds is 4. The summed E-state index contributed by atoms with van der Waals surface area (Å²) in [4.78, 5) is 28.6. The van der Waals surface area contributed by atoms with Crippen LogP contribution in [0, 0.1) is 5.92 Å². The standard InChI is InChI=1S/C14H25NO5/c1-14(2,3)19-13(17)15-20-11(12(16)18-4)10-8-6-5-7-9-10/h10-11H,5-9H2,1-4H3,(H,15,17). The highest BCUT2D eigenvalue weighted by molar-refractivity contribution is 5.75. The minimum atomic E-state index is -0.771. The number of ether oxygens (including phenoxy) is 2. The summed E-state index contributed by atoms with van der Waals surface area (Å²) in [7, 11) is 1.31. The van der Waals surface area contributed by atoms with Gasteiger partial charge in [-0.2, -0.15) is 5.48 Å². The number of hydrogen-bond donors (Lipinski definition) is 1. The number of hydroxylamine groups is 1. The van der Waals surface area contributed by atoms with Gasteiger partial charge in [0.15, 0.2) is 6.10 Å². The SMILES string of the molecule is COC(=O)C(ONC(=O)OC(C)(C)C)C1CCCCC1.